The Morgan fingerprint density at radius 2 is 1.08 bits per heavy atom. The van der Waals surface area contributed by atoms with Crippen molar-refractivity contribution >= 4 is 81.3 Å². The largest absolute Gasteiger partial charge is 0.456 e. The number of furan rings is 1. The minimum Gasteiger partial charge on any atom is -0.456 e. The number of thiophene rings is 1. The Balaban J connectivity index is 1.26. The molecule has 230 valence electrons. The normalized spacial score (nSPS) is 11.7. The quantitative estimate of drug-likeness (QED) is 0.186. The van der Waals surface area contributed by atoms with E-state index in [4.69, 9.17) is 4.42 Å². The lowest BCUT2D eigenvalue weighted by atomic mass is 9.96. The third kappa shape index (κ3) is 4.70. The van der Waals surface area contributed by atoms with Gasteiger partial charge in [-0.3, -0.25) is 0 Å². The van der Waals surface area contributed by atoms with Gasteiger partial charge in [-0.1, -0.05) is 115 Å². The SMILES string of the molecule is c1ccc(-c2cc(-c3cccc4c3sc3ccccc34)cc(N(c3ccc4ccccc4c3)c3ccc4oc5ccccc5c4c3)c2)cc1. The van der Waals surface area contributed by atoms with E-state index >= 15 is 0 Å². The van der Waals surface area contributed by atoms with Gasteiger partial charge in [0.1, 0.15) is 11.2 Å². The van der Waals surface area contributed by atoms with Crippen LogP contribution in [-0.2, 0) is 0 Å². The van der Waals surface area contributed by atoms with Crippen molar-refractivity contribution in [2.75, 3.05) is 4.90 Å². The van der Waals surface area contributed by atoms with Gasteiger partial charge in [-0.15, -0.1) is 11.3 Å². The van der Waals surface area contributed by atoms with E-state index in [0.29, 0.717) is 0 Å². The first-order valence-corrected chi connectivity index (χ1v) is 17.4. The molecule has 2 nitrogen and oxygen atoms in total. The molecule has 2 aromatic heterocycles. The average Bonchev–Trinajstić information content (AvgIpc) is 3.73. The summed E-state index contributed by atoms with van der Waals surface area (Å²) < 4.78 is 8.88. The zero-order valence-corrected chi connectivity index (χ0v) is 27.3. The fourth-order valence-electron chi connectivity index (χ4n) is 7.28. The summed E-state index contributed by atoms with van der Waals surface area (Å²) in [7, 11) is 0. The predicted molar refractivity (Wildman–Crippen MR) is 210 cm³/mol. The van der Waals surface area contributed by atoms with Crippen molar-refractivity contribution in [3.05, 3.63) is 176 Å². The van der Waals surface area contributed by atoms with Gasteiger partial charge in [0.2, 0.25) is 0 Å². The molecule has 2 heterocycles. The molecule has 0 spiro atoms. The Kier molecular flexibility index (Phi) is 6.39. The molecule has 8 aromatic carbocycles. The number of hydrogen-bond donors (Lipinski definition) is 0. The number of anilines is 3. The average molecular weight is 644 g/mol. The number of benzene rings is 8. The lowest BCUT2D eigenvalue weighted by molar-refractivity contribution is 0.669. The summed E-state index contributed by atoms with van der Waals surface area (Å²) in [5.41, 5.74) is 9.84. The highest BCUT2D eigenvalue weighted by Gasteiger charge is 2.19. The van der Waals surface area contributed by atoms with E-state index in [1.165, 1.54) is 53.2 Å². The second-order valence-electron chi connectivity index (χ2n) is 12.6. The summed E-state index contributed by atoms with van der Waals surface area (Å²) in [6, 6.07) is 63.4. The maximum Gasteiger partial charge on any atom is 0.135 e. The number of para-hydroxylation sites is 1. The predicted octanol–water partition coefficient (Wildman–Crippen LogP) is 13.9. The Bertz CT molecular complexity index is 2840. The van der Waals surface area contributed by atoms with Crippen LogP contribution in [-0.4, -0.2) is 0 Å². The van der Waals surface area contributed by atoms with Gasteiger partial charge < -0.3 is 9.32 Å². The molecule has 3 heteroatoms. The summed E-state index contributed by atoms with van der Waals surface area (Å²) in [5.74, 6) is 0. The van der Waals surface area contributed by atoms with E-state index in [-0.39, 0.29) is 0 Å². The molecule has 0 fully saturated rings. The van der Waals surface area contributed by atoms with Crippen molar-refractivity contribution in [2.45, 2.75) is 0 Å². The maximum absolute atomic E-state index is 6.26. The highest BCUT2D eigenvalue weighted by molar-refractivity contribution is 7.26. The van der Waals surface area contributed by atoms with Crippen LogP contribution < -0.4 is 4.90 Å². The molecule has 0 unspecified atom stereocenters. The number of fused-ring (bicyclic) bond motifs is 7. The summed E-state index contributed by atoms with van der Waals surface area (Å²) >= 11 is 1.87. The minimum absolute atomic E-state index is 0.888. The van der Waals surface area contributed by atoms with Gasteiger partial charge in [0.15, 0.2) is 0 Å². The highest BCUT2D eigenvalue weighted by Crippen LogP contribution is 2.45. The molecule has 0 amide bonds. The Hall–Kier alpha value is -6.16. The Morgan fingerprint density at radius 1 is 0.388 bits per heavy atom. The van der Waals surface area contributed by atoms with Crippen molar-refractivity contribution in [1.29, 1.82) is 0 Å². The first kappa shape index (κ1) is 27.9. The van der Waals surface area contributed by atoms with Gasteiger partial charge in [-0.2, -0.15) is 0 Å². The van der Waals surface area contributed by atoms with Gasteiger partial charge >= 0.3 is 0 Å². The topological polar surface area (TPSA) is 16.4 Å². The fourth-order valence-corrected chi connectivity index (χ4v) is 8.52. The van der Waals surface area contributed by atoms with E-state index in [1.54, 1.807) is 0 Å². The summed E-state index contributed by atoms with van der Waals surface area (Å²) in [5, 5.41) is 7.25. The van der Waals surface area contributed by atoms with E-state index < -0.39 is 0 Å². The first-order valence-electron chi connectivity index (χ1n) is 16.6. The van der Waals surface area contributed by atoms with Crippen LogP contribution in [0.2, 0.25) is 0 Å². The molecule has 0 aliphatic carbocycles. The lowest BCUT2D eigenvalue weighted by Gasteiger charge is -2.27. The molecule has 0 bridgehead atoms. The molecule has 10 aromatic rings. The van der Waals surface area contributed by atoms with Crippen LogP contribution >= 0.6 is 11.3 Å². The van der Waals surface area contributed by atoms with Crippen LogP contribution in [0.25, 0.3) is 75.1 Å². The fraction of sp³-hybridized carbons (Fsp3) is 0. The van der Waals surface area contributed by atoms with Gasteiger partial charge in [-0.25, -0.2) is 0 Å². The van der Waals surface area contributed by atoms with Gasteiger partial charge in [0, 0.05) is 48.0 Å². The van der Waals surface area contributed by atoms with Crippen LogP contribution in [0.5, 0.6) is 0 Å². The second-order valence-corrected chi connectivity index (χ2v) is 13.6. The molecule has 0 radical (unpaired) electrons. The summed E-state index contributed by atoms with van der Waals surface area (Å²) in [4.78, 5) is 2.40. The Morgan fingerprint density at radius 3 is 2.00 bits per heavy atom. The molecule has 0 saturated heterocycles. The smallest absolute Gasteiger partial charge is 0.135 e. The van der Waals surface area contributed by atoms with Gasteiger partial charge in [0.25, 0.3) is 0 Å². The number of rotatable bonds is 5. The molecule has 0 N–H and O–H groups in total. The molecular weight excluding hydrogens is 615 g/mol. The Labute approximate surface area is 287 Å². The monoisotopic (exact) mass is 643 g/mol. The van der Waals surface area contributed by atoms with Crippen LogP contribution in [0.3, 0.4) is 0 Å². The van der Waals surface area contributed by atoms with E-state index in [1.807, 2.05) is 23.5 Å². The molecule has 49 heavy (non-hydrogen) atoms. The van der Waals surface area contributed by atoms with Crippen LogP contribution in [0.15, 0.2) is 180 Å². The third-order valence-electron chi connectivity index (χ3n) is 9.61. The number of nitrogens with zero attached hydrogens (tertiary/aromatic N) is 1. The summed E-state index contributed by atoms with van der Waals surface area (Å²) in [6.07, 6.45) is 0. The molecule has 0 saturated carbocycles. The lowest BCUT2D eigenvalue weighted by Crippen LogP contribution is -2.10. The maximum atomic E-state index is 6.26. The van der Waals surface area contributed by atoms with Crippen molar-refractivity contribution in [3.63, 3.8) is 0 Å². The minimum atomic E-state index is 0.888. The molecule has 0 atom stereocenters. The van der Waals surface area contributed by atoms with E-state index in [9.17, 15) is 0 Å². The van der Waals surface area contributed by atoms with Crippen LogP contribution in [0.4, 0.5) is 17.1 Å². The first-order chi connectivity index (χ1) is 24.3. The van der Waals surface area contributed by atoms with Gasteiger partial charge in [-0.05, 0) is 93.7 Å². The van der Waals surface area contributed by atoms with Crippen molar-refractivity contribution in [1.82, 2.24) is 0 Å². The molecule has 0 aliphatic heterocycles. The molecule has 10 rings (SSSR count). The zero-order chi connectivity index (χ0) is 32.3. The second kappa shape index (κ2) is 11.2. The standard InChI is InChI=1S/C46H29NOS/c1-2-11-30(12-3-1)33-25-34(38-17-10-18-41-40-16-7-9-20-45(40)49-46(38)41)28-37(27-33)47(35-22-21-31-13-4-5-14-32(31)26-35)36-23-24-44-42(29-36)39-15-6-8-19-43(39)48-44/h1-29H. The van der Waals surface area contributed by atoms with Crippen molar-refractivity contribution in [2.24, 2.45) is 0 Å². The molecule has 0 aliphatic rings. The van der Waals surface area contributed by atoms with E-state index in [2.05, 4.69) is 169 Å². The number of hydrogen-bond acceptors (Lipinski definition) is 3. The van der Waals surface area contributed by atoms with E-state index in [0.717, 1.165) is 39.0 Å². The summed E-state index contributed by atoms with van der Waals surface area (Å²) in [6.45, 7) is 0. The third-order valence-corrected chi connectivity index (χ3v) is 10.8. The highest BCUT2D eigenvalue weighted by atomic mass is 32.1. The van der Waals surface area contributed by atoms with Crippen molar-refractivity contribution < 1.29 is 4.42 Å². The molecular formula is C46H29NOS. The zero-order valence-electron chi connectivity index (χ0n) is 26.5. The van der Waals surface area contributed by atoms with Crippen molar-refractivity contribution in [3.8, 4) is 22.3 Å². The van der Waals surface area contributed by atoms with Crippen LogP contribution in [0, 0.1) is 0 Å². The van der Waals surface area contributed by atoms with Crippen LogP contribution in [0.1, 0.15) is 0 Å². The van der Waals surface area contributed by atoms with Gasteiger partial charge in [0.05, 0.1) is 0 Å².